The number of hydrogen-bond donors (Lipinski definition) is 1. The van der Waals surface area contributed by atoms with Crippen LogP contribution in [-0.2, 0) is 26.2 Å². The molecule has 0 aliphatic carbocycles. The highest BCUT2D eigenvalue weighted by Gasteiger charge is 2.32. The van der Waals surface area contributed by atoms with Crippen LogP contribution in [0.25, 0.3) is 0 Å². The molecule has 7 nitrogen and oxygen atoms in total. The third-order valence-corrected chi connectivity index (χ3v) is 8.12. The van der Waals surface area contributed by atoms with Crippen molar-refractivity contribution in [1.29, 1.82) is 0 Å². The van der Waals surface area contributed by atoms with Crippen LogP contribution in [0.4, 0.5) is 5.69 Å². The summed E-state index contributed by atoms with van der Waals surface area (Å²) in [5, 5.41) is 3.68. The number of carbonyl (C=O) groups is 2. The fraction of sp³-hybridized carbons (Fsp3) is 0.286. The fourth-order valence-corrected chi connectivity index (χ4v) is 5.49. The van der Waals surface area contributed by atoms with Crippen molar-refractivity contribution in [2.75, 3.05) is 10.8 Å². The first-order chi connectivity index (χ1) is 17.9. The van der Waals surface area contributed by atoms with Crippen molar-refractivity contribution in [3.8, 4) is 0 Å². The largest absolute Gasteiger partial charge is 0.352 e. The van der Waals surface area contributed by atoms with Crippen LogP contribution in [-0.4, -0.2) is 43.8 Å². The van der Waals surface area contributed by atoms with E-state index in [0.717, 1.165) is 15.4 Å². The first-order valence-corrected chi connectivity index (χ1v) is 14.3. The zero-order valence-electron chi connectivity index (χ0n) is 21.7. The van der Waals surface area contributed by atoms with Gasteiger partial charge in [0.1, 0.15) is 12.6 Å². The molecule has 3 aromatic rings. The van der Waals surface area contributed by atoms with Gasteiger partial charge in [-0.15, -0.1) is 0 Å². The van der Waals surface area contributed by atoms with Crippen molar-refractivity contribution >= 4 is 50.7 Å². The normalized spacial score (nSPS) is 12.2. The van der Waals surface area contributed by atoms with Gasteiger partial charge in [-0.2, -0.15) is 0 Å². The molecule has 0 saturated carbocycles. The molecule has 2 amide bonds. The molecule has 0 aromatic heterocycles. The van der Waals surface area contributed by atoms with Crippen LogP contribution in [0.5, 0.6) is 0 Å². The molecule has 3 aromatic carbocycles. The topological polar surface area (TPSA) is 86.8 Å². The van der Waals surface area contributed by atoms with E-state index in [1.807, 2.05) is 20.8 Å². The van der Waals surface area contributed by atoms with Gasteiger partial charge in [0.05, 0.1) is 10.6 Å². The second-order valence-electron chi connectivity index (χ2n) is 9.29. The van der Waals surface area contributed by atoms with E-state index in [0.29, 0.717) is 10.0 Å². The van der Waals surface area contributed by atoms with E-state index >= 15 is 0 Å². The third-order valence-electron chi connectivity index (χ3n) is 5.85. The highest BCUT2D eigenvalue weighted by Crippen LogP contribution is 2.27. The molecule has 1 N–H and O–H groups in total. The Morgan fingerprint density at radius 3 is 2.11 bits per heavy atom. The number of halogens is 2. The first kappa shape index (κ1) is 29.5. The molecule has 3 rings (SSSR count). The Kier molecular flexibility index (Phi) is 9.82. The van der Waals surface area contributed by atoms with Crippen molar-refractivity contribution in [3.63, 3.8) is 0 Å². The monoisotopic (exact) mass is 575 g/mol. The molecule has 0 spiro atoms. The van der Waals surface area contributed by atoms with Crippen LogP contribution in [0, 0.1) is 6.92 Å². The van der Waals surface area contributed by atoms with Gasteiger partial charge in [0.15, 0.2) is 0 Å². The number of amides is 2. The third kappa shape index (κ3) is 7.49. The molecular formula is C28H31Cl2N3O4S. The standard InChI is InChI=1S/C28H31Cl2N3O4S/c1-19(2)31-28(35)21(4)32(17-22-10-12-23(29)13-11-22)27(34)18-33(25-7-5-6-24(30)16-25)38(36,37)26-14-8-20(3)9-15-26/h5-16,19,21H,17-18H2,1-4H3,(H,31,35)/t21-/m0/s1. The predicted molar refractivity (Wildman–Crippen MR) is 152 cm³/mol. The lowest BCUT2D eigenvalue weighted by Gasteiger charge is -2.32. The molecule has 0 fully saturated rings. The Morgan fingerprint density at radius 1 is 0.895 bits per heavy atom. The summed E-state index contributed by atoms with van der Waals surface area (Å²) in [6.07, 6.45) is 0. The number of anilines is 1. The Hall–Kier alpha value is -3.07. The number of carbonyl (C=O) groups excluding carboxylic acids is 2. The lowest BCUT2D eigenvalue weighted by Crippen LogP contribution is -2.52. The van der Waals surface area contributed by atoms with Gasteiger partial charge in [-0.3, -0.25) is 13.9 Å². The number of hydrogen-bond acceptors (Lipinski definition) is 4. The molecule has 38 heavy (non-hydrogen) atoms. The summed E-state index contributed by atoms with van der Waals surface area (Å²) >= 11 is 12.2. The molecule has 0 aliphatic heterocycles. The van der Waals surface area contributed by atoms with Gasteiger partial charge < -0.3 is 10.2 Å². The molecule has 0 aliphatic rings. The van der Waals surface area contributed by atoms with Crippen molar-refractivity contribution in [2.45, 2.75) is 51.2 Å². The summed E-state index contributed by atoms with van der Waals surface area (Å²) in [7, 11) is -4.15. The molecule has 0 radical (unpaired) electrons. The first-order valence-electron chi connectivity index (χ1n) is 12.1. The smallest absolute Gasteiger partial charge is 0.264 e. The average Bonchev–Trinajstić information content (AvgIpc) is 2.86. The van der Waals surface area contributed by atoms with Gasteiger partial charge in [0.25, 0.3) is 10.0 Å². The van der Waals surface area contributed by atoms with E-state index < -0.39 is 28.5 Å². The van der Waals surface area contributed by atoms with E-state index in [1.165, 1.54) is 23.1 Å². The molecule has 0 heterocycles. The minimum Gasteiger partial charge on any atom is -0.352 e. The second kappa shape index (κ2) is 12.7. The Bertz CT molecular complexity index is 1380. The Morgan fingerprint density at radius 2 is 1.53 bits per heavy atom. The maximum Gasteiger partial charge on any atom is 0.264 e. The summed E-state index contributed by atoms with van der Waals surface area (Å²) in [5.41, 5.74) is 1.87. The lowest BCUT2D eigenvalue weighted by atomic mass is 10.1. The molecular weight excluding hydrogens is 545 g/mol. The zero-order chi connectivity index (χ0) is 28.0. The van der Waals surface area contributed by atoms with Crippen LogP contribution in [0.3, 0.4) is 0 Å². The minimum atomic E-state index is -4.15. The van der Waals surface area contributed by atoms with Crippen molar-refractivity contribution in [3.05, 3.63) is 94.0 Å². The zero-order valence-corrected chi connectivity index (χ0v) is 24.0. The van der Waals surface area contributed by atoms with Gasteiger partial charge in [0.2, 0.25) is 11.8 Å². The molecule has 0 saturated heterocycles. The van der Waals surface area contributed by atoms with E-state index in [1.54, 1.807) is 61.5 Å². The van der Waals surface area contributed by atoms with Gasteiger partial charge in [-0.05, 0) is 75.7 Å². The second-order valence-corrected chi connectivity index (χ2v) is 12.0. The highest BCUT2D eigenvalue weighted by molar-refractivity contribution is 7.92. The Balaban J connectivity index is 2.03. The molecule has 0 bridgehead atoms. The summed E-state index contributed by atoms with van der Waals surface area (Å²) in [5.74, 6) is -0.903. The average molecular weight is 577 g/mol. The van der Waals surface area contributed by atoms with Crippen LogP contribution >= 0.6 is 23.2 Å². The molecule has 0 unspecified atom stereocenters. The molecule has 10 heteroatoms. The summed E-state index contributed by atoms with van der Waals surface area (Å²) in [4.78, 5) is 28.1. The predicted octanol–water partition coefficient (Wildman–Crippen LogP) is 5.44. The van der Waals surface area contributed by atoms with Gasteiger partial charge >= 0.3 is 0 Å². The van der Waals surface area contributed by atoms with Gasteiger partial charge in [-0.25, -0.2) is 8.42 Å². The fourth-order valence-electron chi connectivity index (χ4n) is 3.77. The van der Waals surface area contributed by atoms with E-state index in [2.05, 4.69) is 5.32 Å². The van der Waals surface area contributed by atoms with Crippen molar-refractivity contribution < 1.29 is 18.0 Å². The quantitative estimate of drug-likeness (QED) is 0.348. The number of sulfonamides is 1. The molecule has 1 atom stereocenters. The van der Waals surface area contributed by atoms with E-state index in [-0.39, 0.29) is 29.1 Å². The number of nitrogens with zero attached hydrogens (tertiary/aromatic N) is 2. The highest BCUT2D eigenvalue weighted by atomic mass is 35.5. The SMILES string of the molecule is Cc1ccc(S(=O)(=O)N(CC(=O)N(Cc2ccc(Cl)cc2)[C@@H](C)C(=O)NC(C)C)c2cccc(Cl)c2)cc1. The number of nitrogens with one attached hydrogen (secondary N) is 1. The summed E-state index contributed by atoms with van der Waals surface area (Å²) < 4.78 is 28.6. The summed E-state index contributed by atoms with van der Waals surface area (Å²) in [6.45, 7) is 6.66. The van der Waals surface area contributed by atoms with Crippen molar-refractivity contribution in [1.82, 2.24) is 10.2 Å². The summed E-state index contributed by atoms with van der Waals surface area (Å²) in [6, 6.07) is 18.6. The van der Waals surface area contributed by atoms with Crippen LogP contribution in [0.1, 0.15) is 31.9 Å². The van der Waals surface area contributed by atoms with Gasteiger partial charge in [0, 0.05) is 22.6 Å². The molecule has 202 valence electrons. The number of rotatable bonds is 10. The van der Waals surface area contributed by atoms with E-state index in [4.69, 9.17) is 23.2 Å². The van der Waals surface area contributed by atoms with Crippen LogP contribution in [0.2, 0.25) is 10.0 Å². The van der Waals surface area contributed by atoms with Crippen molar-refractivity contribution in [2.24, 2.45) is 0 Å². The van der Waals surface area contributed by atoms with Gasteiger partial charge in [-0.1, -0.05) is 59.1 Å². The van der Waals surface area contributed by atoms with Crippen LogP contribution in [0.15, 0.2) is 77.7 Å². The number of benzene rings is 3. The maximum absolute atomic E-state index is 13.8. The lowest BCUT2D eigenvalue weighted by molar-refractivity contribution is -0.139. The van der Waals surface area contributed by atoms with E-state index in [9.17, 15) is 18.0 Å². The maximum atomic E-state index is 13.8. The minimum absolute atomic E-state index is 0.0331. The van der Waals surface area contributed by atoms with Crippen LogP contribution < -0.4 is 9.62 Å². The number of aryl methyl sites for hydroxylation is 1. The Labute approximate surface area is 234 Å².